The van der Waals surface area contributed by atoms with Crippen LogP contribution in [0.15, 0.2) is 48.5 Å². The van der Waals surface area contributed by atoms with Crippen molar-refractivity contribution in [1.82, 2.24) is 5.32 Å². The summed E-state index contributed by atoms with van der Waals surface area (Å²) in [6.07, 6.45) is -0.718. The SMILES string of the molecule is CC(C)NC(=O)Nc1ccc(NC(=O)C(C)Oc2ccccc2Cl)cc1. The molecule has 7 heteroatoms. The molecule has 26 heavy (non-hydrogen) atoms. The molecule has 0 aliphatic heterocycles. The fourth-order valence-corrected chi connectivity index (χ4v) is 2.27. The molecule has 1 unspecified atom stereocenters. The second kappa shape index (κ2) is 9.10. The van der Waals surface area contributed by atoms with Gasteiger partial charge in [0.05, 0.1) is 5.02 Å². The maximum Gasteiger partial charge on any atom is 0.319 e. The van der Waals surface area contributed by atoms with Crippen molar-refractivity contribution in [2.75, 3.05) is 10.6 Å². The number of carbonyl (C=O) groups excluding carboxylic acids is 2. The van der Waals surface area contributed by atoms with Crippen molar-refractivity contribution in [2.45, 2.75) is 32.9 Å². The van der Waals surface area contributed by atoms with Crippen LogP contribution in [-0.4, -0.2) is 24.1 Å². The van der Waals surface area contributed by atoms with E-state index in [1.54, 1.807) is 55.5 Å². The predicted molar refractivity (Wildman–Crippen MR) is 104 cm³/mol. The molecule has 0 fully saturated rings. The number of ether oxygens (including phenoxy) is 1. The van der Waals surface area contributed by atoms with Crippen LogP contribution in [0.25, 0.3) is 0 Å². The van der Waals surface area contributed by atoms with E-state index in [0.29, 0.717) is 22.1 Å². The van der Waals surface area contributed by atoms with E-state index in [0.717, 1.165) is 0 Å². The van der Waals surface area contributed by atoms with E-state index < -0.39 is 6.10 Å². The molecule has 6 nitrogen and oxygen atoms in total. The van der Waals surface area contributed by atoms with E-state index in [4.69, 9.17) is 16.3 Å². The highest BCUT2D eigenvalue weighted by atomic mass is 35.5. The lowest BCUT2D eigenvalue weighted by atomic mass is 10.2. The Bertz CT molecular complexity index is 763. The number of halogens is 1. The van der Waals surface area contributed by atoms with Gasteiger partial charge in [0.2, 0.25) is 0 Å². The van der Waals surface area contributed by atoms with E-state index in [1.807, 2.05) is 13.8 Å². The first-order chi connectivity index (χ1) is 12.3. The maximum atomic E-state index is 12.3. The molecule has 0 bridgehead atoms. The molecule has 3 N–H and O–H groups in total. The average molecular weight is 376 g/mol. The normalized spacial score (nSPS) is 11.6. The van der Waals surface area contributed by atoms with Gasteiger partial charge >= 0.3 is 6.03 Å². The van der Waals surface area contributed by atoms with E-state index in [-0.39, 0.29) is 18.0 Å². The number of anilines is 2. The molecule has 2 aromatic carbocycles. The third kappa shape index (κ3) is 5.97. The monoisotopic (exact) mass is 375 g/mol. The maximum absolute atomic E-state index is 12.3. The molecule has 0 radical (unpaired) electrons. The number of para-hydroxylation sites is 1. The topological polar surface area (TPSA) is 79.5 Å². The summed E-state index contributed by atoms with van der Waals surface area (Å²) in [6, 6.07) is 13.5. The van der Waals surface area contributed by atoms with Crippen LogP contribution >= 0.6 is 11.6 Å². The first-order valence-electron chi connectivity index (χ1n) is 8.25. The van der Waals surface area contributed by atoms with Crippen molar-refractivity contribution in [3.05, 3.63) is 53.6 Å². The largest absolute Gasteiger partial charge is 0.479 e. The van der Waals surface area contributed by atoms with Crippen molar-refractivity contribution >= 4 is 34.9 Å². The van der Waals surface area contributed by atoms with Gasteiger partial charge in [0, 0.05) is 17.4 Å². The van der Waals surface area contributed by atoms with Crippen LogP contribution in [0.3, 0.4) is 0 Å². The van der Waals surface area contributed by atoms with Crippen LogP contribution < -0.4 is 20.7 Å². The molecule has 2 aromatic rings. The summed E-state index contributed by atoms with van der Waals surface area (Å²) < 4.78 is 5.58. The van der Waals surface area contributed by atoms with Gasteiger partial charge in [-0.05, 0) is 57.2 Å². The van der Waals surface area contributed by atoms with Gasteiger partial charge in [0.1, 0.15) is 5.75 Å². The van der Waals surface area contributed by atoms with Crippen LogP contribution in [-0.2, 0) is 4.79 Å². The summed E-state index contributed by atoms with van der Waals surface area (Å²) in [5.74, 6) is 0.149. The van der Waals surface area contributed by atoms with Crippen LogP contribution in [0.4, 0.5) is 16.2 Å². The fourth-order valence-electron chi connectivity index (χ4n) is 2.09. The number of amides is 3. The summed E-state index contributed by atoms with van der Waals surface area (Å²) in [6.45, 7) is 5.40. The minimum atomic E-state index is -0.718. The molecular formula is C19H22ClN3O3. The van der Waals surface area contributed by atoms with Gasteiger partial charge in [-0.25, -0.2) is 4.79 Å². The smallest absolute Gasteiger partial charge is 0.319 e. The number of hydrogen-bond acceptors (Lipinski definition) is 3. The molecule has 2 rings (SSSR count). The minimum absolute atomic E-state index is 0.0492. The Morgan fingerprint density at radius 3 is 2.08 bits per heavy atom. The molecule has 0 aromatic heterocycles. The first kappa shape index (κ1) is 19.6. The van der Waals surface area contributed by atoms with Gasteiger partial charge in [-0.15, -0.1) is 0 Å². The van der Waals surface area contributed by atoms with Crippen molar-refractivity contribution in [2.24, 2.45) is 0 Å². The van der Waals surface area contributed by atoms with Gasteiger partial charge in [0.15, 0.2) is 6.10 Å². The number of hydrogen-bond donors (Lipinski definition) is 3. The molecule has 1 atom stereocenters. The van der Waals surface area contributed by atoms with Crippen LogP contribution in [0.1, 0.15) is 20.8 Å². The van der Waals surface area contributed by atoms with Gasteiger partial charge in [-0.3, -0.25) is 4.79 Å². The van der Waals surface area contributed by atoms with Crippen molar-refractivity contribution in [1.29, 1.82) is 0 Å². The number of rotatable bonds is 6. The molecule has 3 amide bonds. The molecule has 138 valence electrons. The van der Waals surface area contributed by atoms with Crippen molar-refractivity contribution in [3.8, 4) is 5.75 Å². The lowest BCUT2D eigenvalue weighted by Gasteiger charge is -2.16. The van der Waals surface area contributed by atoms with Crippen molar-refractivity contribution in [3.63, 3.8) is 0 Å². The summed E-state index contributed by atoms with van der Waals surface area (Å²) >= 11 is 6.03. The molecule has 0 spiro atoms. The lowest BCUT2D eigenvalue weighted by Crippen LogP contribution is -2.34. The van der Waals surface area contributed by atoms with Crippen LogP contribution in [0, 0.1) is 0 Å². The second-order valence-electron chi connectivity index (χ2n) is 6.01. The second-order valence-corrected chi connectivity index (χ2v) is 6.42. The highest BCUT2D eigenvalue weighted by Crippen LogP contribution is 2.24. The summed E-state index contributed by atoms with van der Waals surface area (Å²) in [5.41, 5.74) is 1.22. The zero-order chi connectivity index (χ0) is 19.1. The molecule has 0 heterocycles. The lowest BCUT2D eigenvalue weighted by molar-refractivity contribution is -0.122. The van der Waals surface area contributed by atoms with Crippen LogP contribution in [0.2, 0.25) is 5.02 Å². The van der Waals surface area contributed by atoms with E-state index in [2.05, 4.69) is 16.0 Å². The average Bonchev–Trinajstić information content (AvgIpc) is 2.57. The zero-order valence-corrected chi connectivity index (χ0v) is 15.6. The Balaban J connectivity index is 1.90. The molecule has 0 aliphatic rings. The highest BCUT2D eigenvalue weighted by molar-refractivity contribution is 6.32. The standard InChI is InChI=1S/C19H22ClN3O3/c1-12(2)21-19(25)23-15-10-8-14(9-11-15)22-18(24)13(3)26-17-7-5-4-6-16(17)20/h4-13H,1-3H3,(H,22,24)(H2,21,23,25). The fraction of sp³-hybridized carbons (Fsp3) is 0.263. The Kier molecular flexibility index (Phi) is 6.86. The van der Waals surface area contributed by atoms with E-state index in [9.17, 15) is 9.59 Å². The Labute approximate surface area is 157 Å². The Morgan fingerprint density at radius 2 is 1.50 bits per heavy atom. The highest BCUT2D eigenvalue weighted by Gasteiger charge is 2.16. The van der Waals surface area contributed by atoms with E-state index in [1.165, 1.54) is 0 Å². The van der Waals surface area contributed by atoms with E-state index >= 15 is 0 Å². The molecular weight excluding hydrogens is 354 g/mol. The van der Waals surface area contributed by atoms with Gasteiger partial charge < -0.3 is 20.7 Å². The summed E-state index contributed by atoms with van der Waals surface area (Å²) in [4.78, 5) is 23.9. The van der Waals surface area contributed by atoms with Gasteiger partial charge in [0.25, 0.3) is 5.91 Å². The van der Waals surface area contributed by atoms with Crippen molar-refractivity contribution < 1.29 is 14.3 Å². The molecule has 0 aliphatic carbocycles. The summed E-state index contributed by atoms with van der Waals surface area (Å²) in [7, 11) is 0. The van der Waals surface area contributed by atoms with Crippen LogP contribution in [0.5, 0.6) is 5.75 Å². The third-order valence-electron chi connectivity index (χ3n) is 3.34. The summed E-state index contributed by atoms with van der Waals surface area (Å²) in [5, 5.41) is 8.65. The number of benzene rings is 2. The quantitative estimate of drug-likeness (QED) is 0.705. The number of urea groups is 1. The number of nitrogens with one attached hydrogen (secondary N) is 3. The Morgan fingerprint density at radius 1 is 0.923 bits per heavy atom. The Hall–Kier alpha value is -2.73. The van der Waals surface area contributed by atoms with Gasteiger partial charge in [-0.2, -0.15) is 0 Å². The third-order valence-corrected chi connectivity index (χ3v) is 3.65. The zero-order valence-electron chi connectivity index (χ0n) is 14.9. The number of carbonyl (C=O) groups is 2. The molecule has 0 saturated heterocycles. The predicted octanol–water partition coefficient (Wildman–Crippen LogP) is 4.28. The minimum Gasteiger partial charge on any atom is -0.479 e. The molecule has 0 saturated carbocycles. The first-order valence-corrected chi connectivity index (χ1v) is 8.62. The van der Waals surface area contributed by atoms with Gasteiger partial charge in [-0.1, -0.05) is 23.7 Å².